The van der Waals surface area contributed by atoms with Crippen molar-refractivity contribution in [2.24, 2.45) is 5.92 Å². The molecule has 22 heavy (non-hydrogen) atoms. The molecular weight excluding hydrogens is 270 g/mol. The molecule has 1 heterocycles. The summed E-state index contributed by atoms with van der Waals surface area (Å²) < 4.78 is 5.87. The third-order valence-corrected chi connectivity index (χ3v) is 4.90. The number of benzene rings is 1. The smallest absolute Gasteiger partial charge is 0.119 e. The molecule has 0 radical (unpaired) electrons. The van der Waals surface area contributed by atoms with E-state index in [2.05, 4.69) is 52.0 Å². The standard InChI is InChI=1S/C20H33NO/c1-17-11-14-21(15-12-17)13-5-6-16-22-19-9-7-18(8-10-19)20(2,3)4/h7-10,17H,5-6,11-16H2,1-4H3/p+1. The quantitative estimate of drug-likeness (QED) is 0.795. The zero-order chi connectivity index (χ0) is 16.0. The highest BCUT2D eigenvalue weighted by atomic mass is 16.5. The fraction of sp³-hybridized carbons (Fsp3) is 0.700. The van der Waals surface area contributed by atoms with Crippen molar-refractivity contribution in [3.05, 3.63) is 29.8 Å². The van der Waals surface area contributed by atoms with E-state index < -0.39 is 0 Å². The van der Waals surface area contributed by atoms with E-state index in [-0.39, 0.29) is 5.41 Å². The van der Waals surface area contributed by atoms with Crippen LogP contribution in [0.1, 0.15) is 58.9 Å². The Labute approximate surface area is 136 Å². The summed E-state index contributed by atoms with van der Waals surface area (Å²) >= 11 is 0. The molecule has 0 aromatic heterocycles. The first-order chi connectivity index (χ1) is 10.4. The molecule has 1 aromatic rings. The minimum Gasteiger partial charge on any atom is -0.494 e. The largest absolute Gasteiger partial charge is 0.494 e. The third kappa shape index (κ3) is 5.64. The summed E-state index contributed by atoms with van der Waals surface area (Å²) in [6, 6.07) is 8.60. The van der Waals surface area contributed by atoms with Crippen molar-refractivity contribution in [1.82, 2.24) is 0 Å². The zero-order valence-corrected chi connectivity index (χ0v) is 15.0. The minimum atomic E-state index is 0.216. The van der Waals surface area contributed by atoms with Crippen LogP contribution in [0.25, 0.3) is 0 Å². The molecule has 0 saturated carbocycles. The van der Waals surface area contributed by atoms with Crippen molar-refractivity contribution in [3.8, 4) is 5.75 Å². The number of hydrogen-bond donors (Lipinski definition) is 1. The number of unbranched alkanes of at least 4 members (excludes halogenated alkanes) is 1. The van der Waals surface area contributed by atoms with Gasteiger partial charge in [-0.25, -0.2) is 0 Å². The van der Waals surface area contributed by atoms with Gasteiger partial charge in [0.2, 0.25) is 0 Å². The number of nitrogens with one attached hydrogen (secondary N) is 1. The van der Waals surface area contributed by atoms with Gasteiger partial charge in [-0.3, -0.25) is 0 Å². The normalized spacial score (nSPS) is 22.5. The predicted molar refractivity (Wildman–Crippen MR) is 93.8 cm³/mol. The Morgan fingerprint density at radius 2 is 1.68 bits per heavy atom. The second-order valence-corrected chi connectivity index (χ2v) is 8.01. The van der Waals surface area contributed by atoms with Gasteiger partial charge >= 0.3 is 0 Å². The van der Waals surface area contributed by atoms with Crippen LogP contribution in [0.2, 0.25) is 0 Å². The van der Waals surface area contributed by atoms with Crippen LogP contribution in [0, 0.1) is 5.92 Å². The Morgan fingerprint density at radius 3 is 2.27 bits per heavy atom. The Hall–Kier alpha value is -1.02. The number of ether oxygens (including phenoxy) is 1. The Kier molecular flexibility index (Phi) is 6.31. The predicted octanol–water partition coefficient (Wildman–Crippen LogP) is 3.46. The van der Waals surface area contributed by atoms with E-state index in [4.69, 9.17) is 4.74 Å². The summed E-state index contributed by atoms with van der Waals surface area (Å²) in [5.74, 6) is 1.95. The molecule has 2 heteroatoms. The molecule has 1 fully saturated rings. The lowest BCUT2D eigenvalue weighted by Crippen LogP contribution is -3.13. The van der Waals surface area contributed by atoms with E-state index in [1.165, 1.54) is 50.9 Å². The highest BCUT2D eigenvalue weighted by Gasteiger charge is 2.18. The van der Waals surface area contributed by atoms with E-state index in [1.54, 1.807) is 4.90 Å². The Morgan fingerprint density at radius 1 is 1.05 bits per heavy atom. The van der Waals surface area contributed by atoms with Crippen LogP contribution < -0.4 is 9.64 Å². The molecule has 124 valence electrons. The van der Waals surface area contributed by atoms with Crippen LogP contribution in [-0.2, 0) is 5.41 Å². The van der Waals surface area contributed by atoms with Crippen LogP contribution in [0.3, 0.4) is 0 Å². The van der Waals surface area contributed by atoms with Crippen LogP contribution >= 0.6 is 0 Å². The van der Waals surface area contributed by atoms with Crippen molar-refractivity contribution >= 4 is 0 Å². The maximum absolute atomic E-state index is 5.87. The Bertz CT molecular complexity index is 424. The molecule has 1 aromatic carbocycles. The molecule has 0 atom stereocenters. The van der Waals surface area contributed by atoms with Crippen LogP contribution in [0.15, 0.2) is 24.3 Å². The summed E-state index contributed by atoms with van der Waals surface area (Å²) in [6.07, 6.45) is 5.27. The van der Waals surface area contributed by atoms with Crippen LogP contribution in [-0.4, -0.2) is 26.2 Å². The first-order valence-corrected chi connectivity index (χ1v) is 9.02. The molecule has 0 amide bonds. The minimum absolute atomic E-state index is 0.216. The lowest BCUT2D eigenvalue weighted by atomic mass is 9.87. The highest BCUT2D eigenvalue weighted by molar-refractivity contribution is 5.31. The van der Waals surface area contributed by atoms with E-state index in [1.807, 2.05) is 0 Å². The molecule has 0 spiro atoms. The lowest BCUT2D eigenvalue weighted by Gasteiger charge is -2.27. The van der Waals surface area contributed by atoms with Crippen molar-refractivity contribution < 1.29 is 9.64 Å². The first-order valence-electron chi connectivity index (χ1n) is 9.02. The van der Waals surface area contributed by atoms with Gasteiger partial charge in [0.25, 0.3) is 0 Å². The second-order valence-electron chi connectivity index (χ2n) is 8.01. The summed E-state index contributed by atoms with van der Waals surface area (Å²) in [5.41, 5.74) is 1.58. The summed E-state index contributed by atoms with van der Waals surface area (Å²) in [7, 11) is 0. The molecule has 1 saturated heterocycles. The zero-order valence-electron chi connectivity index (χ0n) is 15.0. The average Bonchev–Trinajstić information content (AvgIpc) is 2.48. The summed E-state index contributed by atoms with van der Waals surface area (Å²) in [6.45, 7) is 14.0. The summed E-state index contributed by atoms with van der Waals surface area (Å²) in [4.78, 5) is 1.80. The first kappa shape index (κ1) is 17.3. The molecule has 1 N–H and O–H groups in total. The van der Waals surface area contributed by atoms with Gasteiger partial charge in [-0.1, -0.05) is 39.8 Å². The van der Waals surface area contributed by atoms with Crippen molar-refractivity contribution in [3.63, 3.8) is 0 Å². The maximum atomic E-state index is 5.87. The van der Waals surface area contributed by atoms with Crippen molar-refractivity contribution in [2.75, 3.05) is 26.2 Å². The number of rotatable bonds is 6. The van der Waals surface area contributed by atoms with Gasteiger partial charge in [0.15, 0.2) is 0 Å². The highest BCUT2D eigenvalue weighted by Crippen LogP contribution is 2.24. The van der Waals surface area contributed by atoms with Crippen molar-refractivity contribution in [2.45, 2.75) is 58.8 Å². The molecule has 1 aliphatic rings. The third-order valence-electron chi connectivity index (χ3n) is 4.90. The van der Waals surface area contributed by atoms with Gasteiger partial charge in [-0.05, 0) is 54.7 Å². The van der Waals surface area contributed by atoms with Gasteiger partial charge in [0, 0.05) is 0 Å². The number of piperidine rings is 1. The second kappa shape index (κ2) is 8.01. The molecule has 2 nitrogen and oxygen atoms in total. The van der Waals surface area contributed by atoms with Crippen LogP contribution in [0.5, 0.6) is 5.75 Å². The lowest BCUT2D eigenvalue weighted by molar-refractivity contribution is -0.906. The fourth-order valence-electron chi connectivity index (χ4n) is 3.14. The average molecular weight is 304 g/mol. The van der Waals surface area contributed by atoms with Gasteiger partial charge < -0.3 is 9.64 Å². The number of quaternary nitrogens is 1. The van der Waals surface area contributed by atoms with E-state index in [9.17, 15) is 0 Å². The SMILES string of the molecule is CC1CC[NH+](CCCCOc2ccc(C(C)(C)C)cc2)CC1. The number of likely N-dealkylation sites (tertiary alicyclic amines) is 1. The topological polar surface area (TPSA) is 13.7 Å². The number of hydrogen-bond acceptors (Lipinski definition) is 1. The van der Waals surface area contributed by atoms with E-state index in [0.717, 1.165) is 18.3 Å². The molecular formula is C20H34NO+. The molecule has 2 rings (SSSR count). The molecule has 1 aliphatic heterocycles. The van der Waals surface area contributed by atoms with Crippen molar-refractivity contribution in [1.29, 1.82) is 0 Å². The van der Waals surface area contributed by atoms with Gasteiger partial charge in [0.1, 0.15) is 5.75 Å². The molecule has 0 bridgehead atoms. The summed E-state index contributed by atoms with van der Waals surface area (Å²) in [5, 5.41) is 0. The van der Waals surface area contributed by atoms with Crippen LogP contribution in [0.4, 0.5) is 0 Å². The van der Waals surface area contributed by atoms with E-state index in [0.29, 0.717) is 0 Å². The van der Waals surface area contributed by atoms with Gasteiger partial charge in [0.05, 0.1) is 26.2 Å². The maximum Gasteiger partial charge on any atom is 0.119 e. The van der Waals surface area contributed by atoms with E-state index >= 15 is 0 Å². The molecule has 0 aliphatic carbocycles. The van der Waals surface area contributed by atoms with Gasteiger partial charge in [-0.2, -0.15) is 0 Å². The fourth-order valence-corrected chi connectivity index (χ4v) is 3.14. The van der Waals surface area contributed by atoms with Gasteiger partial charge in [-0.15, -0.1) is 0 Å². The Balaban J connectivity index is 1.60. The molecule has 0 unspecified atom stereocenters. The monoisotopic (exact) mass is 304 g/mol.